The first-order chi connectivity index (χ1) is 12.5. The molecule has 4 nitrogen and oxygen atoms in total. The number of halogens is 2. The van der Waals surface area contributed by atoms with Crippen molar-refractivity contribution in [3.63, 3.8) is 0 Å². The predicted molar refractivity (Wildman–Crippen MR) is 108 cm³/mol. The van der Waals surface area contributed by atoms with E-state index in [0.717, 1.165) is 42.5 Å². The standard InChI is InChI=1S/C19H18Cl2N2O2S/c20-12-8-6-11(14(21)10-12)7-9-16(24)23-19-17(18(22)25)13-4-2-1-3-5-15(13)26-19/h6-10H,1-5H2,(H2,22,25)(H,23,24)/b9-7+. The minimum absolute atomic E-state index is 0.338. The molecule has 1 aromatic carbocycles. The maximum Gasteiger partial charge on any atom is 0.251 e. The molecule has 136 valence electrons. The fourth-order valence-electron chi connectivity index (χ4n) is 3.05. The Morgan fingerprint density at radius 3 is 2.65 bits per heavy atom. The van der Waals surface area contributed by atoms with Gasteiger partial charge in [0.2, 0.25) is 5.91 Å². The van der Waals surface area contributed by atoms with Gasteiger partial charge in [-0.1, -0.05) is 35.7 Å². The van der Waals surface area contributed by atoms with Gasteiger partial charge >= 0.3 is 0 Å². The first kappa shape index (κ1) is 19.0. The highest BCUT2D eigenvalue weighted by Gasteiger charge is 2.23. The second-order valence-electron chi connectivity index (χ2n) is 6.12. The van der Waals surface area contributed by atoms with E-state index in [0.29, 0.717) is 26.2 Å². The maximum atomic E-state index is 12.3. The number of primary amides is 1. The molecule has 0 fully saturated rings. The van der Waals surface area contributed by atoms with Crippen molar-refractivity contribution in [2.45, 2.75) is 32.1 Å². The highest BCUT2D eigenvalue weighted by atomic mass is 35.5. The molecule has 0 radical (unpaired) electrons. The number of nitrogens with two attached hydrogens (primary N) is 1. The first-order valence-electron chi connectivity index (χ1n) is 8.34. The summed E-state index contributed by atoms with van der Waals surface area (Å²) in [7, 11) is 0. The normalized spacial score (nSPS) is 14.1. The van der Waals surface area contributed by atoms with Gasteiger partial charge in [-0.05, 0) is 55.0 Å². The summed E-state index contributed by atoms with van der Waals surface area (Å²) in [6.45, 7) is 0. The van der Waals surface area contributed by atoms with E-state index in [-0.39, 0.29) is 5.91 Å². The zero-order chi connectivity index (χ0) is 18.7. The van der Waals surface area contributed by atoms with Crippen molar-refractivity contribution in [1.29, 1.82) is 0 Å². The van der Waals surface area contributed by atoms with Crippen molar-refractivity contribution in [2.24, 2.45) is 5.73 Å². The number of thiophene rings is 1. The number of rotatable bonds is 4. The van der Waals surface area contributed by atoms with E-state index in [1.165, 1.54) is 17.4 Å². The zero-order valence-corrected chi connectivity index (χ0v) is 16.3. The first-order valence-corrected chi connectivity index (χ1v) is 9.91. The van der Waals surface area contributed by atoms with Crippen LogP contribution in [0.15, 0.2) is 24.3 Å². The van der Waals surface area contributed by atoms with Crippen molar-refractivity contribution < 1.29 is 9.59 Å². The van der Waals surface area contributed by atoms with E-state index in [9.17, 15) is 9.59 Å². The lowest BCUT2D eigenvalue weighted by Gasteiger charge is -2.04. The molecule has 1 heterocycles. The predicted octanol–water partition coefficient (Wildman–Crippen LogP) is 5.07. The summed E-state index contributed by atoms with van der Waals surface area (Å²) in [5.41, 5.74) is 7.72. The third-order valence-electron chi connectivity index (χ3n) is 4.28. The molecule has 0 spiro atoms. The Balaban J connectivity index is 1.81. The van der Waals surface area contributed by atoms with Gasteiger partial charge in [0.05, 0.1) is 5.56 Å². The molecule has 0 aliphatic heterocycles. The van der Waals surface area contributed by atoms with E-state index in [4.69, 9.17) is 28.9 Å². The summed E-state index contributed by atoms with van der Waals surface area (Å²) in [5, 5.41) is 4.31. The molecule has 1 aliphatic rings. The number of hydrogen-bond donors (Lipinski definition) is 2. The van der Waals surface area contributed by atoms with Gasteiger partial charge in [0.15, 0.2) is 0 Å². The Morgan fingerprint density at radius 1 is 1.15 bits per heavy atom. The lowest BCUT2D eigenvalue weighted by atomic mass is 10.1. The van der Waals surface area contributed by atoms with Crippen molar-refractivity contribution in [2.75, 3.05) is 5.32 Å². The smallest absolute Gasteiger partial charge is 0.251 e. The number of aryl methyl sites for hydroxylation is 1. The van der Waals surface area contributed by atoms with Gasteiger partial charge in [-0.15, -0.1) is 11.3 Å². The van der Waals surface area contributed by atoms with Crippen LogP contribution in [0.4, 0.5) is 5.00 Å². The average molecular weight is 409 g/mol. The largest absolute Gasteiger partial charge is 0.365 e. The van der Waals surface area contributed by atoms with Crippen LogP contribution in [0, 0.1) is 0 Å². The second-order valence-corrected chi connectivity index (χ2v) is 8.07. The van der Waals surface area contributed by atoms with Crippen LogP contribution in [0.25, 0.3) is 6.08 Å². The Labute approximate surface area is 166 Å². The molecule has 0 atom stereocenters. The second kappa shape index (κ2) is 8.25. The van der Waals surface area contributed by atoms with E-state index >= 15 is 0 Å². The molecule has 7 heteroatoms. The number of anilines is 1. The number of fused-ring (bicyclic) bond motifs is 1. The summed E-state index contributed by atoms with van der Waals surface area (Å²) < 4.78 is 0. The molecule has 3 rings (SSSR count). The van der Waals surface area contributed by atoms with Crippen molar-refractivity contribution in [3.8, 4) is 0 Å². The molecule has 3 N–H and O–H groups in total. The number of carbonyl (C=O) groups is 2. The molecule has 1 aromatic heterocycles. The van der Waals surface area contributed by atoms with Gasteiger partial charge in [0.1, 0.15) is 5.00 Å². The van der Waals surface area contributed by atoms with Gasteiger partial charge in [0.25, 0.3) is 5.91 Å². The van der Waals surface area contributed by atoms with Gasteiger partial charge < -0.3 is 11.1 Å². The number of nitrogens with one attached hydrogen (secondary N) is 1. The third-order valence-corrected chi connectivity index (χ3v) is 6.05. The van der Waals surface area contributed by atoms with Gasteiger partial charge in [-0.2, -0.15) is 0 Å². The Morgan fingerprint density at radius 2 is 1.92 bits per heavy atom. The molecule has 0 bridgehead atoms. The summed E-state index contributed by atoms with van der Waals surface area (Å²) in [5.74, 6) is -0.834. The molecular formula is C19H18Cl2N2O2S. The van der Waals surface area contributed by atoms with Crippen LogP contribution in [0.1, 0.15) is 45.6 Å². The molecule has 0 saturated carbocycles. The number of hydrogen-bond acceptors (Lipinski definition) is 3. The fraction of sp³-hybridized carbons (Fsp3) is 0.263. The molecule has 1 aliphatic carbocycles. The van der Waals surface area contributed by atoms with Crippen LogP contribution in [0.3, 0.4) is 0 Å². The third kappa shape index (κ3) is 4.29. The average Bonchev–Trinajstić information content (AvgIpc) is 2.75. The van der Waals surface area contributed by atoms with Crippen LogP contribution in [-0.4, -0.2) is 11.8 Å². The monoisotopic (exact) mass is 408 g/mol. The van der Waals surface area contributed by atoms with Gasteiger partial charge in [0, 0.05) is 21.0 Å². The molecule has 0 saturated heterocycles. The topological polar surface area (TPSA) is 72.2 Å². The number of amides is 2. The highest BCUT2D eigenvalue weighted by molar-refractivity contribution is 7.17. The molecule has 26 heavy (non-hydrogen) atoms. The van der Waals surface area contributed by atoms with Crippen LogP contribution in [-0.2, 0) is 17.6 Å². The lowest BCUT2D eigenvalue weighted by Crippen LogP contribution is -2.16. The maximum absolute atomic E-state index is 12.3. The van der Waals surface area contributed by atoms with Crippen molar-refractivity contribution in [1.82, 2.24) is 0 Å². The van der Waals surface area contributed by atoms with Crippen LogP contribution < -0.4 is 11.1 Å². The van der Waals surface area contributed by atoms with Crippen LogP contribution in [0.5, 0.6) is 0 Å². The van der Waals surface area contributed by atoms with Crippen molar-refractivity contribution >= 4 is 57.4 Å². The summed E-state index contributed by atoms with van der Waals surface area (Å²) in [4.78, 5) is 25.4. The Kier molecular flexibility index (Phi) is 6.01. The minimum atomic E-state index is -0.496. The van der Waals surface area contributed by atoms with Crippen LogP contribution >= 0.6 is 34.5 Å². The zero-order valence-electron chi connectivity index (χ0n) is 14.0. The number of benzene rings is 1. The molecule has 2 aromatic rings. The van der Waals surface area contributed by atoms with E-state index < -0.39 is 5.91 Å². The minimum Gasteiger partial charge on any atom is -0.365 e. The van der Waals surface area contributed by atoms with Gasteiger partial charge in [-0.25, -0.2) is 0 Å². The lowest BCUT2D eigenvalue weighted by molar-refractivity contribution is -0.111. The summed E-state index contributed by atoms with van der Waals surface area (Å²) in [6.07, 6.45) is 8.01. The van der Waals surface area contributed by atoms with Crippen LogP contribution in [0.2, 0.25) is 10.0 Å². The molecule has 0 unspecified atom stereocenters. The quantitative estimate of drug-likeness (QED) is 0.546. The Hall–Kier alpha value is -1.82. The number of carbonyl (C=O) groups excluding carboxylic acids is 2. The van der Waals surface area contributed by atoms with E-state index in [1.807, 2.05) is 0 Å². The van der Waals surface area contributed by atoms with E-state index in [1.54, 1.807) is 24.3 Å². The van der Waals surface area contributed by atoms with Crippen molar-refractivity contribution in [3.05, 3.63) is 55.9 Å². The Bertz CT molecular complexity index is 890. The molecular weight excluding hydrogens is 391 g/mol. The molecule has 2 amide bonds. The fourth-order valence-corrected chi connectivity index (χ4v) is 4.82. The SMILES string of the molecule is NC(=O)c1c(NC(=O)/C=C/c2ccc(Cl)cc2Cl)sc2c1CCCCC2. The summed E-state index contributed by atoms with van der Waals surface area (Å²) >= 11 is 13.4. The summed E-state index contributed by atoms with van der Waals surface area (Å²) in [6, 6.07) is 5.05. The van der Waals surface area contributed by atoms with E-state index in [2.05, 4.69) is 5.32 Å². The highest BCUT2D eigenvalue weighted by Crippen LogP contribution is 2.37. The van der Waals surface area contributed by atoms with Gasteiger partial charge in [-0.3, -0.25) is 9.59 Å².